The lowest BCUT2D eigenvalue weighted by Crippen LogP contribution is -2.30. The molecule has 0 bridgehead atoms. The van der Waals surface area contributed by atoms with E-state index in [-0.39, 0.29) is 44.0 Å². The van der Waals surface area contributed by atoms with Gasteiger partial charge in [-0.15, -0.1) is 0 Å². The Morgan fingerprint density at radius 1 is 0.953 bits per heavy atom. The maximum Gasteiger partial charge on any atom is 0.339 e. The molecule has 14 heteroatoms. The average Bonchev–Trinajstić information content (AvgIpc) is 3.36. The first kappa shape index (κ1) is 27.8. The quantitative estimate of drug-likeness (QED) is 0.156. The van der Waals surface area contributed by atoms with Gasteiger partial charge in [0.25, 0.3) is 16.0 Å². The normalized spacial score (nSPS) is 14.6. The molecule has 5 aromatic rings. The Labute approximate surface area is 245 Å². The number of rotatable bonds is 6. The fourth-order valence-electron chi connectivity index (χ4n) is 4.76. The van der Waals surface area contributed by atoms with Gasteiger partial charge in [0.15, 0.2) is 17.3 Å². The Morgan fingerprint density at radius 3 is 2.40 bits per heavy atom. The molecule has 0 radical (unpaired) electrons. The minimum atomic E-state index is -4.76. The zero-order chi connectivity index (χ0) is 30.5. The van der Waals surface area contributed by atoms with E-state index in [9.17, 15) is 31.4 Å². The fraction of sp³-hybridized carbons (Fsp3) is 0.0345. The average molecular weight is 614 g/mol. The van der Waals surface area contributed by atoms with Crippen molar-refractivity contribution in [3.63, 3.8) is 0 Å². The zero-order valence-corrected chi connectivity index (χ0v) is 23.7. The second-order valence-corrected chi connectivity index (χ2v) is 12.4. The Balaban J connectivity index is 1.50. The van der Waals surface area contributed by atoms with Crippen LogP contribution in [0.5, 0.6) is 5.75 Å². The minimum Gasteiger partial charge on any atom is -0.378 e. The van der Waals surface area contributed by atoms with E-state index in [1.165, 1.54) is 47.0 Å². The van der Waals surface area contributed by atoms with E-state index in [2.05, 4.69) is 21.6 Å². The molecule has 214 valence electrons. The molecule has 0 atom stereocenters. The summed E-state index contributed by atoms with van der Waals surface area (Å²) in [5.41, 5.74) is 4.22. The van der Waals surface area contributed by atoms with Gasteiger partial charge in [-0.05, 0) is 48.7 Å². The summed E-state index contributed by atoms with van der Waals surface area (Å²) in [6.45, 7) is 1.56. The van der Waals surface area contributed by atoms with Crippen LogP contribution in [0, 0.1) is 11.3 Å². The SMILES string of the molecule is CC1=C(C#N)c2nc3ccccc3n2C(=O)/C1=N/Nc1cccc2cc(S(=O)(=O)O)cc(OS(=O)(=O)c3ccccc3)c12. The third kappa shape index (κ3) is 4.81. The first-order chi connectivity index (χ1) is 20.5. The van der Waals surface area contributed by atoms with Crippen molar-refractivity contribution >= 4 is 64.9 Å². The lowest BCUT2D eigenvalue weighted by molar-refractivity contribution is 0.0992. The molecular formula is C29H19N5O7S2. The van der Waals surface area contributed by atoms with Gasteiger partial charge in [0.1, 0.15) is 16.5 Å². The van der Waals surface area contributed by atoms with Crippen LogP contribution in [0.2, 0.25) is 0 Å². The molecule has 6 rings (SSSR count). The van der Waals surface area contributed by atoms with E-state index >= 15 is 0 Å². The molecule has 1 aliphatic rings. The van der Waals surface area contributed by atoms with Crippen molar-refractivity contribution in [1.82, 2.24) is 9.55 Å². The van der Waals surface area contributed by atoms with E-state index < -0.39 is 36.8 Å². The molecule has 2 heterocycles. The van der Waals surface area contributed by atoms with Crippen LogP contribution in [-0.2, 0) is 20.2 Å². The number of fused-ring (bicyclic) bond motifs is 4. The lowest BCUT2D eigenvalue weighted by Gasteiger charge is -2.18. The summed E-state index contributed by atoms with van der Waals surface area (Å²) in [6.07, 6.45) is 0. The molecule has 1 aromatic heterocycles. The van der Waals surface area contributed by atoms with Gasteiger partial charge in [-0.3, -0.25) is 19.3 Å². The number of hydrazone groups is 1. The van der Waals surface area contributed by atoms with E-state index in [1.807, 2.05) is 0 Å². The summed E-state index contributed by atoms with van der Waals surface area (Å²) in [5, 5.41) is 14.5. The minimum absolute atomic E-state index is 0.0953. The Kier molecular flexibility index (Phi) is 6.57. The van der Waals surface area contributed by atoms with Crippen molar-refractivity contribution in [3.8, 4) is 11.8 Å². The number of nitrogens with one attached hydrogen (secondary N) is 1. The van der Waals surface area contributed by atoms with Gasteiger partial charge in [-0.1, -0.05) is 42.5 Å². The Bertz CT molecular complexity index is 2320. The van der Waals surface area contributed by atoms with Crippen LogP contribution in [0.1, 0.15) is 17.5 Å². The highest BCUT2D eigenvalue weighted by atomic mass is 32.2. The van der Waals surface area contributed by atoms with Crippen molar-refractivity contribution in [1.29, 1.82) is 5.26 Å². The lowest BCUT2D eigenvalue weighted by atomic mass is 10.0. The van der Waals surface area contributed by atoms with Crippen molar-refractivity contribution in [2.45, 2.75) is 16.7 Å². The number of hydrogen-bond donors (Lipinski definition) is 2. The smallest absolute Gasteiger partial charge is 0.339 e. The summed E-state index contributed by atoms with van der Waals surface area (Å²) in [7, 11) is -9.20. The number of benzene rings is 4. The summed E-state index contributed by atoms with van der Waals surface area (Å²) < 4.78 is 66.7. The van der Waals surface area contributed by atoms with Crippen LogP contribution in [-0.4, -0.2) is 42.6 Å². The summed E-state index contributed by atoms with van der Waals surface area (Å²) in [6, 6.07) is 22.8. The predicted molar refractivity (Wildman–Crippen MR) is 158 cm³/mol. The molecule has 0 saturated heterocycles. The molecule has 0 spiro atoms. The topological polar surface area (TPSA) is 181 Å². The molecule has 4 aromatic carbocycles. The van der Waals surface area contributed by atoms with Gasteiger partial charge in [-0.25, -0.2) is 4.98 Å². The van der Waals surface area contributed by atoms with Crippen LogP contribution in [0.15, 0.2) is 105 Å². The number of anilines is 1. The number of para-hydroxylation sites is 2. The van der Waals surface area contributed by atoms with E-state index in [4.69, 9.17) is 4.18 Å². The Morgan fingerprint density at radius 2 is 1.67 bits per heavy atom. The molecule has 2 N–H and O–H groups in total. The molecule has 0 amide bonds. The number of carbonyl (C=O) groups is 1. The summed E-state index contributed by atoms with van der Waals surface area (Å²) in [4.78, 5) is 17.3. The monoisotopic (exact) mass is 613 g/mol. The van der Waals surface area contributed by atoms with Crippen LogP contribution in [0.25, 0.3) is 27.4 Å². The second kappa shape index (κ2) is 10.2. The highest BCUT2D eigenvalue weighted by Gasteiger charge is 2.32. The number of allylic oxidation sites excluding steroid dienone is 2. The number of aromatic nitrogens is 2. The van der Waals surface area contributed by atoms with Crippen molar-refractivity contribution in [2.75, 3.05) is 5.43 Å². The molecule has 1 aliphatic heterocycles. The molecule has 0 saturated carbocycles. The highest BCUT2D eigenvalue weighted by molar-refractivity contribution is 7.87. The zero-order valence-electron chi connectivity index (χ0n) is 22.1. The number of nitriles is 1. The highest BCUT2D eigenvalue weighted by Crippen LogP contribution is 2.37. The first-order valence-electron chi connectivity index (χ1n) is 12.5. The molecule has 43 heavy (non-hydrogen) atoms. The molecule has 0 fully saturated rings. The predicted octanol–water partition coefficient (Wildman–Crippen LogP) is 4.62. The largest absolute Gasteiger partial charge is 0.378 e. The van der Waals surface area contributed by atoms with Gasteiger partial charge in [0.2, 0.25) is 0 Å². The summed E-state index contributed by atoms with van der Waals surface area (Å²) in [5.74, 6) is -0.778. The van der Waals surface area contributed by atoms with Gasteiger partial charge >= 0.3 is 10.1 Å². The maximum atomic E-state index is 13.6. The fourth-order valence-corrected chi connectivity index (χ4v) is 6.24. The second-order valence-electron chi connectivity index (χ2n) is 9.40. The molecule has 0 unspecified atom stereocenters. The number of nitrogens with zero attached hydrogens (tertiary/aromatic N) is 4. The van der Waals surface area contributed by atoms with E-state index in [0.717, 1.165) is 12.1 Å². The molecular weight excluding hydrogens is 594 g/mol. The van der Waals surface area contributed by atoms with Crippen molar-refractivity contribution < 1.29 is 30.4 Å². The molecule has 0 aliphatic carbocycles. The van der Waals surface area contributed by atoms with Gasteiger partial charge in [-0.2, -0.15) is 27.2 Å². The van der Waals surface area contributed by atoms with Crippen LogP contribution < -0.4 is 9.61 Å². The van der Waals surface area contributed by atoms with Gasteiger partial charge < -0.3 is 4.18 Å². The number of imidazole rings is 1. The third-order valence-corrected chi connectivity index (χ3v) is 8.84. The van der Waals surface area contributed by atoms with Crippen LogP contribution in [0.4, 0.5) is 5.69 Å². The van der Waals surface area contributed by atoms with Crippen LogP contribution >= 0.6 is 0 Å². The van der Waals surface area contributed by atoms with Gasteiger partial charge in [0.05, 0.1) is 27.0 Å². The van der Waals surface area contributed by atoms with E-state index in [1.54, 1.807) is 37.3 Å². The maximum absolute atomic E-state index is 13.6. The Hall–Kier alpha value is -5.36. The third-order valence-electron chi connectivity index (χ3n) is 6.76. The van der Waals surface area contributed by atoms with Crippen molar-refractivity contribution in [3.05, 3.63) is 96.3 Å². The van der Waals surface area contributed by atoms with Crippen LogP contribution in [0.3, 0.4) is 0 Å². The molecule has 12 nitrogen and oxygen atoms in total. The number of hydrogen-bond acceptors (Lipinski definition) is 10. The number of carbonyl (C=O) groups excluding carboxylic acids is 1. The van der Waals surface area contributed by atoms with Crippen molar-refractivity contribution in [2.24, 2.45) is 5.10 Å². The standard InChI is InChI=1S/C29H19N5O7S2/c1-17-21(16-30)28-31-22-11-5-6-13-24(22)34(28)29(35)27(17)33-32-23-12-7-8-18-14-20(42(36,37)38)15-25(26(18)23)41-43(39,40)19-9-3-2-4-10-19/h2-15,32H,1H3,(H,36,37,38)/b33-27+. The summed E-state index contributed by atoms with van der Waals surface area (Å²) >= 11 is 0. The van der Waals surface area contributed by atoms with Gasteiger partial charge in [0, 0.05) is 11.6 Å². The first-order valence-corrected chi connectivity index (χ1v) is 15.4. The van der Waals surface area contributed by atoms with E-state index in [0.29, 0.717) is 11.0 Å².